The van der Waals surface area contributed by atoms with Crippen LogP contribution in [0.2, 0.25) is 0 Å². The fourth-order valence-electron chi connectivity index (χ4n) is 2.21. The van der Waals surface area contributed by atoms with E-state index < -0.39 is 5.97 Å². The lowest BCUT2D eigenvalue weighted by Gasteiger charge is -2.16. The molecule has 0 saturated carbocycles. The van der Waals surface area contributed by atoms with E-state index in [4.69, 9.17) is 9.47 Å². The summed E-state index contributed by atoms with van der Waals surface area (Å²) >= 11 is 5.16. The number of imide groups is 1. The van der Waals surface area contributed by atoms with E-state index in [9.17, 15) is 14.4 Å². The molecule has 1 aromatic carbocycles. The average molecular weight is 601 g/mol. The maximum atomic E-state index is 12.4. The van der Waals surface area contributed by atoms with Crippen LogP contribution in [-0.2, 0) is 14.3 Å². The number of thioether (sulfide) groups is 1. The van der Waals surface area contributed by atoms with Crippen LogP contribution < -0.4 is 4.74 Å². The van der Waals surface area contributed by atoms with E-state index in [-0.39, 0.29) is 23.8 Å². The lowest BCUT2D eigenvalue weighted by Crippen LogP contribution is -2.34. The number of nitrogens with zero attached hydrogens (tertiary/aromatic N) is 1. The minimum atomic E-state index is -0.425. The largest absolute Gasteiger partial charge is 0.480 e. The summed E-state index contributed by atoms with van der Waals surface area (Å²) < 4.78 is 12.0. The topological polar surface area (TPSA) is 72.9 Å². The molecule has 26 heavy (non-hydrogen) atoms. The molecule has 9 heteroatoms. The number of halogens is 2. The van der Waals surface area contributed by atoms with Crippen LogP contribution in [0.25, 0.3) is 6.08 Å². The second-order valence-corrected chi connectivity index (χ2v) is 8.87. The van der Waals surface area contributed by atoms with Crippen LogP contribution in [0.4, 0.5) is 4.79 Å². The predicted octanol–water partition coefficient (Wildman–Crippen LogP) is 4.28. The van der Waals surface area contributed by atoms with Gasteiger partial charge in [-0.2, -0.15) is 0 Å². The summed E-state index contributed by atoms with van der Waals surface area (Å²) in [5, 5.41) is -0.255. The van der Waals surface area contributed by atoms with Gasteiger partial charge in [-0.1, -0.05) is 0 Å². The number of amides is 2. The lowest BCUT2D eigenvalue weighted by atomic mass is 10.2. The number of rotatable bonds is 6. The van der Waals surface area contributed by atoms with Crippen molar-refractivity contribution in [3.05, 3.63) is 29.7 Å². The Morgan fingerprint density at radius 2 is 1.88 bits per heavy atom. The summed E-state index contributed by atoms with van der Waals surface area (Å²) in [4.78, 5) is 37.5. The fourth-order valence-corrected chi connectivity index (χ4v) is 5.30. The van der Waals surface area contributed by atoms with Crippen LogP contribution in [-0.4, -0.2) is 41.3 Å². The van der Waals surface area contributed by atoms with Crippen LogP contribution in [0.5, 0.6) is 5.75 Å². The third-order valence-electron chi connectivity index (χ3n) is 3.30. The van der Waals surface area contributed by atoms with Gasteiger partial charge in [0.15, 0.2) is 6.61 Å². The van der Waals surface area contributed by atoms with E-state index in [1.54, 1.807) is 26.8 Å². The first-order chi connectivity index (χ1) is 12.2. The Labute approximate surface area is 183 Å². The standard InChI is InChI=1S/C17H17I2NO5S/c1-4-24-14(21)8-25-15-11(18)5-10(6-12(15)19)7-13-16(22)20(9(2)3)17(23)26-13/h5-7,9H,4,8H2,1-3H3/b13-7+. The summed E-state index contributed by atoms with van der Waals surface area (Å²) in [7, 11) is 0. The molecule has 1 fully saturated rings. The molecule has 0 unspecified atom stereocenters. The molecule has 1 aliphatic rings. The molecule has 1 aliphatic heterocycles. The van der Waals surface area contributed by atoms with Crippen LogP contribution in [0, 0.1) is 7.14 Å². The fraction of sp³-hybridized carbons (Fsp3) is 0.353. The zero-order valence-corrected chi connectivity index (χ0v) is 19.5. The molecule has 140 valence electrons. The highest BCUT2D eigenvalue weighted by molar-refractivity contribution is 14.1. The molecule has 0 aliphatic carbocycles. The Bertz CT molecular complexity index is 755. The molecule has 0 bridgehead atoms. The summed E-state index contributed by atoms with van der Waals surface area (Å²) in [5.41, 5.74) is 0.788. The van der Waals surface area contributed by atoms with Crippen molar-refractivity contribution in [2.75, 3.05) is 13.2 Å². The lowest BCUT2D eigenvalue weighted by molar-refractivity contribution is -0.145. The van der Waals surface area contributed by atoms with Gasteiger partial charge in [-0.15, -0.1) is 0 Å². The van der Waals surface area contributed by atoms with Crippen LogP contribution >= 0.6 is 56.9 Å². The molecule has 1 saturated heterocycles. The number of hydrogen-bond acceptors (Lipinski definition) is 6. The van der Waals surface area contributed by atoms with E-state index >= 15 is 0 Å². The van der Waals surface area contributed by atoms with Crippen LogP contribution in [0.3, 0.4) is 0 Å². The Kier molecular flexibility index (Phi) is 7.76. The minimum Gasteiger partial charge on any atom is -0.480 e. The SMILES string of the molecule is CCOC(=O)COc1c(I)cc(/C=C2/SC(=O)N(C(C)C)C2=O)cc1I. The van der Waals surface area contributed by atoms with E-state index in [1.807, 2.05) is 12.1 Å². The highest BCUT2D eigenvalue weighted by Crippen LogP contribution is 2.35. The molecule has 1 heterocycles. The molecule has 6 nitrogen and oxygen atoms in total. The van der Waals surface area contributed by atoms with Gasteiger partial charge in [0.25, 0.3) is 11.1 Å². The number of benzene rings is 1. The van der Waals surface area contributed by atoms with Crippen molar-refractivity contribution in [3.8, 4) is 5.75 Å². The Morgan fingerprint density at radius 3 is 2.38 bits per heavy atom. The quantitative estimate of drug-likeness (QED) is 0.276. The van der Waals surface area contributed by atoms with E-state index in [0.29, 0.717) is 17.3 Å². The third-order valence-corrected chi connectivity index (χ3v) is 5.78. The first kappa shape index (κ1) is 21.5. The summed E-state index contributed by atoms with van der Waals surface area (Å²) in [6.45, 7) is 5.50. The maximum Gasteiger partial charge on any atom is 0.344 e. The van der Waals surface area contributed by atoms with Gasteiger partial charge in [0.05, 0.1) is 18.7 Å². The summed E-state index contributed by atoms with van der Waals surface area (Å²) in [6, 6.07) is 3.51. The second kappa shape index (κ2) is 9.40. The van der Waals surface area contributed by atoms with Crippen molar-refractivity contribution in [3.63, 3.8) is 0 Å². The molecule has 2 amide bonds. The predicted molar refractivity (Wildman–Crippen MR) is 117 cm³/mol. The van der Waals surface area contributed by atoms with Crippen molar-refractivity contribution >= 4 is 80.1 Å². The molecular formula is C17H17I2NO5S. The first-order valence-corrected chi connectivity index (χ1v) is 10.8. The second-order valence-electron chi connectivity index (χ2n) is 5.55. The number of carbonyl (C=O) groups excluding carboxylic acids is 3. The summed E-state index contributed by atoms with van der Waals surface area (Å²) in [6.07, 6.45) is 1.70. The molecule has 1 aromatic rings. The van der Waals surface area contributed by atoms with Crippen molar-refractivity contribution < 1.29 is 23.9 Å². The highest BCUT2D eigenvalue weighted by atomic mass is 127. The number of hydrogen-bond donors (Lipinski definition) is 0. The first-order valence-electron chi connectivity index (χ1n) is 7.79. The third kappa shape index (κ3) is 5.12. The van der Waals surface area contributed by atoms with Gasteiger partial charge in [0.1, 0.15) is 5.75 Å². The molecular weight excluding hydrogens is 584 g/mol. The van der Waals surface area contributed by atoms with Crippen molar-refractivity contribution in [2.24, 2.45) is 0 Å². The zero-order valence-electron chi connectivity index (χ0n) is 14.4. The normalized spacial score (nSPS) is 15.9. The molecule has 0 radical (unpaired) electrons. The zero-order chi connectivity index (χ0) is 19.4. The Hall–Kier alpha value is -0.820. The molecule has 0 aromatic heterocycles. The van der Waals surface area contributed by atoms with Gasteiger partial charge in [-0.25, -0.2) is 4.79 Å². The van der Waals surface area contributed by atoms with E-state index in [2.05, 4.69) is 45.2 Å². The smallest absolute Gasteiger partial charge is 0.344 e. The van der Waals surface area contributed by atoms with E-state index in [1.165, 1.54) is 4.90 Å². The molecule has 0 atom stereocenters. The van der Waals surface area contributed by atoms with Crippen molar-refractivity contribution in [1.29, 1.82) is 0 Å². The van der Waals surface area contributed by atoms with Gasteiger partial charge in [0, 0.05) is 6.04 Å². The Balaban J connectivity index is 2.21. The van der Waals surface area contributed by atoms with Gasteiger partial charge in [0.2, 0.25) is 0 Å². The average Bonchev–Trinajstić information content (AvgIpc) is 2.80. The van der Waals surface area contributed by atoms with Gasteiger partial charge < -0.3 is 9.47 Å². The number of esters is 1. The Morgan fingerprint density at radius 1 is 1.27 bits per heavy atom. The summed E-state index contributed by atoms with van der Waals surface area (Å²) in [5.74, 6) is -0.111. The van der Waals surface area contributed by atoms with Crippen molar-refractivity contribution in [1.82, 2.24) is 4.90 Å². The maximum absolute atomic E-state index is 12.4. The molecule has 2 rings (SSSR count). The van der Waals surface area contributed by atoms with Gasteiger partial charge in [-0.3, -0.25) is 14.5 Å². The van der Waals surface area contributed by atoms with Gasteiger partial charge in [-0.05, 0) is 101 Å². The molecule has 0 spiro atoms. The monoisotopic (exact) mass is 601 g/mol. The highest BCUT2D eigenvalue weighted by Gasteiger charge is 2.36. The van der Waals surface area contributed by atoms with E-state index in [0.717, 1.165) is 24.5 Å². The minimum absolute atomic E-state index is 0.160. The van der Waals surface area contributed by atoms with Crippen LogP contribution in [0.1, 0.15) is 26.3 Å². The van der Waals surface area contributed by atoms with Crippen molar-refractivity contribution in [2.45, 2.75) is 26.8 Å². The van der Waals surface area contributed by atoms with Gasteiger partial charge >= 0.3 is 5.97 Å². The number of carbonyl (C=O) groups is 3. The van der Waals surface area contributed by atoms with Crippen LogP contribution in [0.15, 0.2) is 17.0 Å². The molecule has 0 N–H and O–H groups in total. The number of ether oxygens (including phenoxy) is 2.